The summed E-state index contributed by atoms with van der Waals surface area (Å²) < 4.78 is 5.10. The van der Waals surface area contributed by atoms with Crippen molar-refractivity contribution in [2.45, 2.75) is 24.3 Å². The first-order valence-corrected chi connectivity index (χ1v) is 9.60. The summed E-state index contributed by atoms with van der Waals surface area (Å²) in [6.45, 7) is 0. The van der Waals surface area contributed by atoms with Gasteiger partial charge in [-0.3, -0.25) is 9.59 Å². The Morgan fingerprint density at radius 3 is 2.70 bits per heavy atom. The number of nitrogens with two attached hydrogens (primary N) is 1. The summed E-state index contributed by atoms with van der Waals surface area (Å²) in [7, 11) is 1.21. The third-order valence-corrected chi connectivity index (χ3v) is 5.24. The summed E-state index contributed by atoms with van der Waals surface area (Å²) in [4.78, 5) is 51.6. The monoisotopic (exact) mass is 440 g/mol. The van der Waals surface area contributed by atoms with Crippen LogP contribution in [-0.2, 0) is 24.0 Å². The Bertz CT molecular complexity index is 880. The molecule has 0 aliphatic carbocycles. The zero-order valence-corrected chi connectivity index (χ0v) is 16.6. The highest BCUT2D eigenvalue weighted by molar-refractivity contribution is 8.00. The molecule has 1 aliphatic rings. The molecule has 12 nitrogen and oxygen atoms in total. The Morgan fingerprint density at radius 1 is 1.43 bits per heavy atom. The van der Waals surface area contributed by atoms with Gasteiger partial charge in [0.25, 0.3) is 5.91 Å². The second-order valence-corrected chi connectivity index (χ2v) is 7.14. The van der Waals surface area contributed by atoms with Crippen LogP contribution < -0.4 is 16.4 Å². The second-order valence-electron chi connectivity index (χ2n) is 6.02. The molecule has 1 aromatic rings. The lowest BCUT2D eigenvalue weighted by atomic mass is 10.1. The molecule has 162 valence electrons. The Morgan fingerprint density at radius 2 is 2.17 bits per heavy atom. The van der Waals surface area contributed by atoms with Crippen molar-refractivity contribution in [3.63, 3.8) is 0 Å². The number of nitrogens with one attached hydrogen (secondary N) is 2. The normalized spacial score (nSPS) is 17.6. The van der Waals surface area contributed by atoms with Crippen LogP contribution in [0.1, 0.15) is 18.6 Å². The van der Waals surface area contributed by atoms with Gasteiger partial charge in [-0.1, -0.05) is 5.16 Å². The lowest BCUT2D eigenvalue weighted by Crippen LogP contribution is -2.55. The van der Waals surface area contributed by atoms with Crippen LogP contribution in [-0.4, -0.2) is 64.0 Å². The highest BCUT2D eigenvalue weighted by Crippen LogP contribution is 2.27. The van der Waals surface area contributed by atoms with E-state index in [1.54, 1.807) is 0 Å². The van der Waals surface area contributed by atoms with Crippen LogP contribution in [0.15, 0.2) is 39.2 Å². The number of furan rings is 1. The van der Waals surface area contributed by atoms with Crippen LogP contribution in [0.3, 0.4) is 0 Å². The molecule has 0 spiro atoms. The molecule has 0 fully saturated rings. The number of carbonyl (C=O) groups is 4. The summed E-state index contributed by atoms with van der Waals surface area (Å²) in [5.41, 5.74) is 5.01. The van der Waals surface area contributed by atoms with E-state index in [0.29, 0.717) is 5.57 Å². The average molecular weight is 440 g/mol. The molecule has 1 aliphatic heterocycles. The molecule has 0 saturated heterocycles. The van der Waals surface area contributed by atoms with Gasteiger partial charge in [-0.15, -0.1) is 11.8 Å². The Balaban J connectivity index is 2.21. The lowest BCUT2D eigenvalue weighted by molar-refractivity contribution is -0.141. The van der Waals surface area contributed by atoms with E-state index in [-0.39, 0.29) is 35.8 Å². The van der Waals surface area contributed by atoms with Gasteiger partial charge in [0.1, 0.15) is 18.2 Å². The highest BCUT2D eigenvalue weighted by atomic mass is 32.2. The topological polar surface area (TPSA) is 194 Å². The number of hydrogen-bond acceptors (Lipinski definition) is 9. The number of amides is 2. The first-order valence-electron chi connectivity index (χ1n) is 8.55. The van der Waals surface area contributed by atoms with Gasteiger partial charge in [0.15, 0.2) is 11.8 Å². The fraction of sp³-hybridized carbons (Fsp3) is 0.353. The molecule has 2 atom stereocenters. The quantitative estimate of drug-likeness (QED) is 0.233. The van der Waals surface area contributed by atoms with Gasteiger partial charge in [-0.25, -0.2) is 9.59 Å². The van der Waals surface area contributed by atoms with Gasteiger partial charge < -0.3 is 35.8 Å². The second kappa shape index (κ2) is 10.3. The maximum Gasteiger partial charge on any atom is 0.351 e. The van der Waals surface area contributed by atoms with Gasteiger partial charge in [0, 0.05) is 12.2 Å². The van der Waals surface area contributed by atoms with Crippen LogP contribution in [0.25, 0.3) is 0 Å². The number of carboxylic acids is 2. The van der Waals surface area contributed by atoms with Crippen molar-refractivity contribution < 1.29 is 38.6 Å². The molecule has 2 rings (SSSR count). The van der Waals surface area contributed by atoms with Gasteiger partial charge in [0.2, 0.25) is 11.6 Å². The number of primary amides is 1. The van der Waals surface area contributed by atoms with Crippen LogP contribution in [0.4, 0.5) is 0 Å². The molecule has 2 amide bonds. The Labute approximate surface area is 174 Å². The maximum atomic E-state index is 12.6. The lowest BCUT2D eigenvalue weighted by Gasteiger charge is -2.31. The summed E-state index contributed by atoms with van der Waals surface area (Å²) in [5.74, 6) is -3.98. The number of carboxylic acid groups (broad SMARTS) is 2. The van der Waals surface area contributed by atoms with E-state index in [2.05, 4.69) is 20.6 Å². The number of oxime groups is 1. The average Bonchev–Trinajstić information content (AvgIpc) is 3.22. The molecule has 1 aromatic heterocycles. The molecule has 0 radical (unpaired) electrons. The van der Waals surface area contributed by atoms with E-state index in [4.69, 9.17) is 10.2 Å². The molecule has 6 N–H and O–H groups in total. The van der Waals surface area contributed by atoms with Crippen molar-refractivity contribution in [1.29, 1.82) is 0 Å². The standard InChI is InChI=1S/C17H20N4O8S/c1-28-21-12(9-3-2-6-29-9)14(23)19-13(17(26)27)15-20-11(16(24)25)8(7-30-15)4-5-10(18)22/h2-3,6,13,15,20H,4-5,7H2,1H3,(H2,18,22)(H,19,23)(H,24,25)(H,26,27)/b21-12-/t13-,15+/m0/s1. The minimum Gasteiger partial charge on any atom is -0.480 e. The SMILES string of the molecule is CO/N=C(\C(=O)N[C@H](C(=O)O)[C@@H]1NC(C(=O)O)=C(CCC(N)=O)CS1)c1ccco1. The summed E-state index contributed by atoms with van der Waals surface area (Å²) in [5, 5.41) is 26.5. The summed E-state index contributed by atoms with van der Waals surface area (Å²) in [6.07, 6.45) is 1.38. The molecule has 13 heteroatoms. The molecule has 0 saturated carbocycles. The van der Waals surface area contributed by atoms with Crippen molar-refractivity contribution in [3.8, 4) is 0 Å². The molecular formula is C17H20N4O8S. The number of rotatable bonds is 10. The summed E-state index contributed by atoms with van der Waals surface area (Å²) in [6, 6.07) is 1.45. The third kappa shape index (κ3) is 5.76. The molecule has 0 unspecified atom stereocenters. The fourth-order valence-corrected chi connectivity index (χ4v) is 3.84. The van der Waals surface area contributed by atoms with Gasteiger partial charge in [0.05, 0.1) is 6.26 Å². The molecule has 2 heterocycles. The van der Waals surface area contributed by atoms with Crippen molar-refractivity contribution in [3.05, 3.63) is 35.4 Å². The number of nitrogens with zero attached hydrogens (tertiary/aromatic N) is 1. The Hall–Kier alpha value is -3.48. The Kier molecular flexibility index (Phi) is 7.86. The van der Waals surface area contributed by atoms with Crippen LogP contribution in [0.5, 0.6) is 0 Å². The predicted molar refractivity (Wildman–Crippen MR) is 104 cm³/mol. The minimum absolute atomic E-state index is 0.0435. The first-order chi connectivity index (χ1) is 14.2. The molecule has 0 bridgehead atoms. The van der Waals surface area contributed by atoms with Crippen LogP contribution in [0.2, 0.25) is 0 Å². The number of aliphatic carboxylic acids is 2. The predicted octanol–water partition coefficient (Wildman–Crippen LogP) is -0.534. The van der Waals surface area contributed by atoms with E-state index >= 15 is 0 Å². The largest absolute Gasteiger partial charge is 0.480 e. The third-order valence-electron chi connectivity index (χ3n) is 3.97. The molecule has 0 aromatic carbocycles. The molecule has 30 heavy (non-hydrogen) atoms. The summed E-state index contributed by atoms with van der Waals surface area (Å²) >= 11 is 1.07. The zero-order valence-electron chi connectivity index (χ0n) is 15.8. The van der Waals surface area contributed by atoms with Crippen LogP contribution >= 0.6 is 11.8 Å². The van der Waals surface area contributed by atoms with Crippen molar-refractivity contribution >= 4 is 41.2 Å². The van der Waals surface area contributed by atoms with Crippen molar-refractivity contribution in [1.82, 2.24) is 10.6 Å². The highest BCUT2D eigenvalue weighted by Gasteiger charge is 2.36. The molecular weight excluding hydrogens is 420 g/mol. The number of hydrogen-bond donors (Lipinski definition) is 5. The van der Waals surface area contributed by atoms with E-state index in [1.165, 1.54) is 25.5 Å². The fourth-order valence-electron chi connectivity index (χ4n) is 2.59. The maximum absolute atomic E-state index is 12.6. The van der Waals surface area contributed by atoms with Crippen molar-refractivity contribution in [2.75, 3.05) is 12.9 Å². The number of carbonyl (C=O) groups excluding carboxylic acids is 2. The van der Waals surface area contributed by atoms with E-state index in [9.17, 15) is 29.4 Å². The zero-order chi connectivity index (χ0) is 22.3. The van der Waals surface area contributed by atoms with Crippen LogP contribution in [0, 0.1) is 0 Å². The van der Waals surface area contributed by atoms with Gasteiger partial charge >= 0.3 is 11.9 Å². The number of thioether (sulfide) groups is 1. The van der Waals surface area contributed by atoms with E-state index in [0.717, 1.165) is 11.8 Å². The van der Waals surface area contributed by atoms with E-state index in [1.807, 2.05) is 0 Å². The van der Waals surface area contributed by atoms with Crippen molar-refractivity contribution in [2.24, 2.45) is 10.9 Å². The smallest absolute Gasteiger partial charge is 0.351 e. The van der Waals surface area contributed by atoms with E-state index < -0.39 is 35.2 Å². The van der Waals surface area contributed by atoms with Gasteiger partial charge in [-0.2, -0.15) is 0 Å². The minimum atomic E-state index is -1.51. The van der Waals surface area contributed by atoms with Gasteiger partial charge in [-0.05, 0) is 24.1 Å². The first kappa shape index (κ1) is 22.8.